The molecule has 0 unspecified atom stereocenters. The molecule has 1 rings (SSSR count). The number of hydrogen-bond acceptors (Lipinski definition) is 5. The van der Waals surface area contributed by atoms with Crippen LogP contribution >= 0.6 is 0 Å². The number of ether oxygens (including phenoxy) is 2. The Morgan fingerprint density at radius 1 is 1.31 bits per heavy atom. The van der Waals surface area contributed by atoms with E-state index >= 15 is 0 Å². The Kier molecular flexibility index (Phi) is 7.49. The van der Waals surface area contributed by atoms with Gasteiger partial charge in [-0.2, -0.15) is 0 Å². The molecule has 0 saturated carbocycles. The fourth-order valence-electron chi connectivity index (χ4n) is 1.18. The highest BCUT2D eigenvalue weighted by Gasteiger charge is 1.93. The van der Waals surface area contributed by atoms with E-state index in [-0.39, 0.29) is 0 Å². The summed E-state index contributed by atoms with van der Waals surface area (Å²) in [6, 6.07) is 1.90. The molecule has 5 heteroatoms. The number of aromatic nitrogens is 2. The first-order valence-corrected chi connectivity index (χ1v) is 5.46. The van der Waals surface area contributed by atoms with Crippen molar-refractivity contribution in [2.24, 2.45) is 0 Å². The maximum absolute atomic E-state index is 5.34. The number of hydrogen-bond donors (Lipinski definition) is 1. The second-order valence-corrected chi connectivity index (χ2v) is 3.34. The highest BCUT2D eigenvalue weighted by Crippen LogP contribution is 1.89. The maximum atomic E-state index is 5.34. The topological polar surface area (TPSA) is 56.3 Å². The van der Waals surface area contributed by atoms with Gasteiger partial charge in [0, 0.05) is 26.5 Å². The average Bonchev–Trinajstić information content (AvgIpc) is 2.34. The van der Waals surface area contributed by atoms with Crippen molar-refractivity contribution in [1.29, 1.82) is 0 Å². The molecular formula is C11H19N3O2. The number of methoxy groups -OCH3 is 1. The molecule has 0 aliphatic carbocycles. The molecule has 16 heavy (non-hydrogen) atoms. The summed E-state index contributed by atoms with van der Waals surface area (Å²) >= 11 is 0. The molecule has 0 bridgehead atoms. The van der Waals surface area contributed by atoms with Gasteiger partial charge in [0.1, 0.15) is 6.33 Å². The first-order chi connectivity index (χ1) is 7.93. The zero-order valence-corrected chi connectivity index (χ0v) is 9.69. The second-order valence-electron chi connectivity index (χ2n) is 3.34. The van der Waals surface area contributed by atoms with Crippen LogP contribution in [0.2, 0.25) is 0 Å². The zero-order chi connectivity index (χ0) is 11.5. The molecule has 90 valence electrons. The predicted molar refractivity (Wildman–Crippen MR) is 61.1 cm³/mol. The lowest BCUT2D eigenvalue weighted by molar-refractivity contribution is 0.0694. The summed E-state index contributed by atoms with van der Waals surface area (Å²) in [5.74, 6) is 0. The largest absolute Gasteiger partial charge is 0.382 e. The smallest absolute Gasteiger partial charge is 0.115 e. The Morgan fingerprint density at radius 2 is 2.25 bits per heavy atom. The Hall–Kier alpha value is -1.04. The maximum Gasteiger partial charge on any atom is 0.115 e. The summed E-state index contributed by atoms with van der Waals surface area (Å²) in [6.45, 7) is 3.80. The van der Waals surface area contributed by atoms with Crippen molar-refractivity contribution in [3.05, 3.63) is 24.3 Å². The average molecular weight is 225 g/mol. The fourth-order valence-corrected chi connectivity index (χ4v) is 1.18. The molecule has 0 atom stereocenters. The quantitative estimate of drug-likeness (QED) is 0.624. The minimum Gasteiger partial charge on any atom is -0.382 e. The molecule has 0 aliphatic heterocycles. The molecule has 0 aliphatic rings. The standard InChI is InChI=1S/C11H19N3O2/c1-15-7-8-16-6-2-4-12-9-11-3-5-13-10-14-11/h3,5,10,12H,2,4,6-9H2,1H3. The zero-order valence-electron chi connectivity index (χ0n) is 9.69. The molecule has 1 aromatic rings. The Labute approximate surface area is 96.2 Å². The van der Waals surface area contributed by atoms with Crippen LogP contribution in [0.25, 0.3) is 0 Å². The molecule has 1 N–H and O–H groups in total. The van der Waals surface area contributed by atoms with Crippen LogP contribution < -0.4 is 5.32 Å². The van der Waals surface area contributed by atoms with Crippen LogP contribution in [-0.2, 0) is 16.0 Å². The molecule has 0 aromatic carbocycles. The summed E-state index contributed by atoms with van der Waals surface area (Å²) in [6.07, 6.45) is 4.30. The van der Waals surface area contributed by atoms with Crippen LogP contribution in [-0.4, -0.2) is 43.4 Å². The van der Waals surface area contributed by atoms with Gasteiger partial charge in [-0.1, -0.05) is 0 Å². The summed E-state index contributed by atoms with van der Waals surface area (Å²) in [5.41, 5.74) is 1.01. The van der Waals surface area contributed by atoms with Gasteiger partial charge < -0.3 is 14.8 Å². The number of rotatable bonds is 9. The Bertz CT molecular complexity index is 257. The van der Waals surface area contributed by atoms with Crippen molar-refractivity contribution >= 4 is 0 Å². The molecule has 0 saturated heterocycles. The Morgan fingerprint density at radius 3 is 3.00 bits per heavy atom. The van der Waals surface area contributed by atoms with Crippen molar-refractivity contribution in [2.45, 2.75) is 13.0 Å². The van der Waals surface area contributed by atoms with Crippen LogP contribution in [0.5, 0.6) is 0 Å². The lowest BCUT2D eigenvalue weighted by Crippen LogP contribution is -2.17. The highest BCUT2D eigenvalue weighted by atomic mass is 16.5. The Balaban J connectivity index is 1.89. The van der Waals surface area contributed by atoms with Crippen molar-refractivity contribution in [3.8, 4) is 0 Å². The monoisotopic (exact) mass is 225 g/mol. The molecule has 1 heterocycles. The summed E-state index contributed by atoms with van der Waals surface area (Å²) in [4.78, 5) is 7.98. The SMILES string of the molecule is COCCOCCCNCc1ccncn1. The van der Waals surface area contributed by atoms with Gasteiger partial charge in [0.05, 0.1) is 18.9 Å². The van der Waals surface area contributed by atoms with Gasteiger partial charge in [-0.05, 0) is 19.0 Å². The first-order valence-electron chi connectivity index (χ1n) is 5.46. The first kappa shape index (κ1) is 13.0. The van der Waals surface area contributed by atoms with E-state index in [4.69, 9.17) is 9.47 Å². The molecule has 0 spiro atoms. The summed E-state index contributed by atoms with van der Waals surface area (Å²) < 4.78 is 10.2. The second kappa shape index (κ2) is 9.21. The lowest BCUT2D eigenvalue weighted by atomic mass is 10.4. The lowest BCUT2D eigenvalue weighted by Gasteiger charge is -2.05. The van der Waals surface area contributed by atoms with Crippen molar-refractivity contribution in [2.75, 3.05) is 33.5 Å². The van der Waals surface area contributed by atoms with Crippen LogP contribution in [0.15, 0.2) is 18.6 Å². The fraction of sp³-hybridized carbons (Fsp3) is 0.636. The van der Waals surface area contributed by atoms with E-state index in [9.17, 15) is 0 Å². The van der Waals surface area contributed by atoms with Gasteiger partial charge in [0.2, 0.25) is 0 Å². The van der Waals surface area contributed by atoms with Gasteiger partial charge in [0.15, 0.2) is 0 Å². The molecule has 0 radical (unpaired) electrons. The number of nitrogens with one attached hydrogen (secondary N) is 1. The van der Waals surface area contributed by atoms with E-state index < -0.39 is 0 Å². The third-order valence-electron chi connectivity index (χ3n) is 2.02. The minimum atomic E-state index is 0.661. The van der Waals surface area contributed by atoms with E-state index in [1.54, 1.807) is 19.6 Å². The normalized spacial score (nSPS) is 10.6. The van der Waals surface area contributed by atoms with Crippen molar-refractivity contribution < 1.29 is 9.47 Å². The van der Waals surface area contributed by atoms with Crippen LogP contribution in [0, 0.1) is 0 Å². The van der Waals surface area contributed by atoms with Gasteiger partial charge >= 0.3 is 0 Å². The van der Waals surface area contributed by atoms with Crippen LogP contribution in [0.1, 0.15) is 12.1 Å². The van der Waals surface area contributed by atoms with E-state index in [0.717, 1.165) is 31.8 Å². The van der Waals surface area contributed by atoms with E-state index in [2.05, 4.69) is 15.3 Å². The third kappa shape index (κ3) is 6.44. The molecule has 0 amide bonds. The molecule has 5 nitrogen and oxygen atoms in total. The molecule has 0 fully saturated rings. The van der Waals surface area contributed by atoms with E-state index in [1.165, 1.54) is 0 Å². The molecule has 1 aromatic heterocycles. The van der Waals surface area contributed by atoms with Gasteiger partial charge in [0.25, 0.3) is 0 Å². The van der Waals surface area contributed by atoms with Gasteiger partial charge in [-0.15, -0.1) is 0 Å². The van der Waals surface area contributed by atoms with E-state index in [0.29, 0.717) is 13.2 Å². The minimum absolute atomic E-state index is 0.661. The van der Waals surface area contributed by atoms with Crippen LogP contribution in [0.3, 0.4) is 0 Å². The molecular weight excluding hydrogens is 206 g/mol. The van der Waals surface area contributed by atoms with Crippen molar-refractivity contribution in [1.82, 2.24) is 15.3 Å². The predicted octanol–water partition coefficient (Wildman–Crippen LogP) is 0.619. The summed E-state index contributed by atoms with van der Waals surface area (Å²) in [5, 5.41) is 3.29. The van der Waals surface area contributed by atoms with E-state index in [1.807, 2.05) is 6.07 Å². The number of nitrogens with zero attached hydrogens (tertiary/aromatic N) is 2. The van der Waals surface area contributed by atoms with Crippen molar-refractivity contribution in [3.63, 3.8) is 0 Å². The van der Waals surface area contributed by atoms with Crippen LogP contribution in [0.4, 0.5) is 0 Å². The van der Waals surface area contributed by atoms with Gasteiger partial charge in [-0.25, -0.2) is 9.97 Å². The highest BCUT2D eigenvalue weighted by molar-refractivity contribution is 4.96. The van der Waals surface area contributed by atoms with Gasteiger partial charge in [-0.3, -0.25) is 0 Å². The summed E-state index contributed by atoms with van der Waals surface area (Å²) in [7, 11) is 1.67. The third-order valence-corrected chi connectivity index (χ3v) is 2.02.